The van der Waals surface area contributed by atoms with Gasteiger partial charge in [0.15, 0.2) is 15.5 Å². The number of sulfone groups is 1. The highest BCUT2D eigenvalue weighted by Crippen LogP contribution is 2.37. The van der Waals surface area contributed by atoms with Crippen molar-refractivity contribution >= 4 is 26.9 Å². The lowest BCUT2D eigenvalue weighted by atomic mass is 10.2. The molecule has 0 bridgehead atoms. The molecular weight excluding hydrogens is 302 g/mol. The van der Waals surface area contributed by atoms with Crippen LogP contribution in [-0.4, -0.2) is 31.1 Å². The van der Waals surface area contributed by atoms with Crippen LogP contribution in [0.2, 0.25) is 0 Å². The number of nitrogens with one attached hydrogen (secondary N) is 1. The molecular formula is C11H15N3O6S. The van der Waals surface area contributed by atoms with Crippen molar-refractivity contribution in [2.24, 2.45) is 0 Å². The lowest BCUT2D eigenvalue weighted by Crippen LogP contribution is -2.09. The molecule has 0 spiro atoms. The van der Waals surface area contributed by atoms with E-state index in [1.54, 1.807) is 0 Å². The van der Waals surface area contributed by atoms with Crippen LogP contribution in [0.1, 0.15) is 19.8 Å². The number of benzene rings is 1. The summed E-state index contributed by atoms with van der Waals surface area (Å²) in [5.41, 5.74) is -1.52. The van der Waals surface area contributed by atoms with Crippen LogP contribution in [0, 0.1) is 20.2 Å². The van der Waals surface area contributed by atoms with Crippen LogP contribution in [0.4, 0.5) is 17.1 Å². The lowest BCUT2D eigenvalue weighted by Gasteiger charge is -2.08. The summed E-state index contributed by atoms with van der Waals surface area (Å²) in [5.74, 6) is 0. The Balaban J connectivity index is 3.51. The number of hydrogen-bond acceptors (Lipinski definition) is 7. The van der Waals surface area contributed by atoms with Gasteiger partial charge in [0.05, 0.1) is 14.7 Å². The van der Waals surface area contributed by atoms with Crippen molar-refractivity contribution in [1.82, 2.24) is 0 Å². The van der Waals surface area contributed by atoms with E-state index in [0.717, 1.165) is 24.8 Å². The van der Waals surface area contributed by atoms with Crippen LogP contribution in [0.25, 0.3) is 0 Å². The smallest absolute Gasteiger partial charge is 0.300 e. The van der Waals surface area contributed by atoms with Gasteiger partial charge < -0.3 is 5.32 Å². The third-order valence-electron chi connectivity index (χ3n) is 2.72. The molecule has 0 amide bonds. The summed E-state index contributed by atoms with van der Waals surface area (Å²) in [6.45, 7) is 2.22. The Kier molecular flexibility index (Phi) is 5.19. The van der Waals surface area contributed by atoms with E-state index in [1.165, 1.54) is 0 Å². The fourth-order valence-corrected chi connectivity index (χ4v) is 2.31. The second-order valence-corrected chi connectivity index (χ2v) is 6.42. The molecule has 9 nitrogen and oxygen atoms in total. The zero-order valence-corrected chi connectivity index (χ0v) is 12.3. The molecule has 0 heterocycles. The van der Waals surface area contributed by atoms with E-state index in [0.29, 0.717) is 13.0 Å². The predicted octanol–water partition coefficient (Wildman–Crippen LogP) is 2.12. The first kappa shape index (κ1) is 16.8. The zero-order chi connectivity index (χ0) is 16.2. The SMILES string of the molecule is CCCCNc1c([N+](=O)[O-])cc(S(C)(=O)=O)cc1[N+](=O)[O-]. The quantitative estimate of drug-likeness (QED) is 0.462. The molecule has 10 heteroatoms. The van der Waals surface area contributed by atoms with Gasteiger partial charge in [0, 0.05) is 24.9 Å². The number of anilines is 1. The maximum atomic E-state index is 11.5. The molecule has 0 saturated carbocycles. The monoisotopic (exact) mass is 317 g/mol. The molecule has 1 aromatic carbocycles. The first-order valence-electron chi connectivity index (χ1n) is 6.09. The minimum absolute atomic E-state index is 0.272. The third kappa shape index (κ3) is 4.12. The Labute approximate surface area is 121 Å². The largest absolute Gasteiger partial charge is 0.374 e. The van der Waals surface area contributed by atoms with Gasteiger partial charge in [-0.3, -0.25) is 20.2 Å². The number of hydrogen-bond donors (Lipinski definition) is 1. The van der Waals surface area contributed by atoms with Crippen molar-refractivity contribution in [3.8, 4) is 0 Å². The standard InChI is InChI=1S/C11H15N3O6S/c1-3-4-5-12-11-9(13(15)16)6-8(21(2,19)20)7-10(11)14(17)18/h6-7,12H,3-5H2,1-2H3. The number of nitrogens with zero attached hydrogens (tertiary/aromatic N) is 2. The van der Waals surface area contributed by atoms with Crippen LogP contribution >= 0.6 is 0 Å². The fraction of sp³-hybridized carbons (Fsp3) is 0.455. The molecule has 0 fully saturated rings. The van der Waals surface area contributed by atoms with Gasteiger partial charge in [-0.2, -0.15) is 0 Å². The summed E-state index contributed by atoms with van der Waals surface area (Å²) in [6.07, 6.45) is 2.30. The van der Waals surface area contributed by atoms with Gasteiger partial charge in [0.25, 0.3) is 0 Å². The second-order valence-electron chi connectivity index (χ2n) is 4.40. The van der Waals surface area contributed by atoms with E-state index in [-0.39, 0.29) is 5.69 Å². The maximum absolute atomic E-state index is 11.5. The summed E-state index contributed by atoms with van der Waals surface area (Å²) in [7, 11) is -3.79. The molecule has 1 rings (SSSR count). The van der Waals surface area contributed by atoms with Crippen molar-refractivity contribution in [2.45, 2.75) is 24.7 Å². The van der Waals surface area contributed by atoms with Gasteiger partial charge in [-0.25, -0.2) is 8.42 Å². The molecule has 0 aliphatic carbocycles. The first-order chi connectivity index (χ1) is 9.68. The topological polar surface area (TPSA) is 132 Å². The van der Waals surface area contributed by atoms with Crippen LogP contribution in [0.15, 0.2) is 17.0 Å². The summed E-state index contributed by atoms with van der Waals surface area (Å²) in [6, 6.07) is 1.66. The average molecular weight is 317 g/mol. The summed E-state index contributed by atoms with van der Waals surface area (Å²) in [5, 5.41) is 24.8. The average Bonchev–Trinajstić information content (AvgIpc) is 2.36. The highest BCUT2D eigenvalue weighted by Gasteiger charge is 2.29. The van der Waals surface area contributed by atoms with E-state index in [4.69, 9.17) is 0 Å². The number of nitro benzene ring substituents is 2. The van der Waals surface area contributed by atoms with Gasteiger partial charge in [-0.15, -0.1) is 0 Å². The van der Waals surface area contributed by atoms with Crippen molar-refractivity contribution < 1.29 is 18.3 Å². The Morgan fingerprint density at radius 2 is 1.62 bits per heavy atom. The summed E-state index contributed by atoms with van der Waals surface area (Å²) < 4.78 is 23.0. The zero-order valence-electron chi connectivity index (χ0n) is 11.5. The van der Waals surface area contributed by atoms with Gasteiger partial charge in [-0.05, 0) is 6.42 Å². The minimum atomic E-state index is -3.79. The molecule has 0 radical (unpaired) electrons. The van der Waals surface area contributed by atoms with E-state index >= 15 is 0 Å². The molecule has 1 aromatic rings. The Morgan fingerprint density at radius 3 is 1.95 bits per heavy atom. The molecule has 0 aliphatic rings. The highest BCUT2D eigenvalue weighted by molar-refractivity contribution is 7.90. The number of unbranched alkanes of at least 4 members (excludes halogenated alkanes) is 1. The highest BCUT2D eigenvalue weighted by atomic mass is 32.2. The van der Waals surface area contributed by atoms with Gasteiger partial charge >= 0.3 is 11.4 Å². The van der Waals surface area contributed by atoms with E-state index in [9.17, 15) is 28.6 Å². The molecule has 116 valence electrons. The number of rotatable bonds is 7. The van der Waals surface area contributed by atoms with Gasteiger partial charge in [0.2, 0.25) is 0 Å². The Morgan fingerprint density at radius 1 is 1.14 bits per heavy atom. The van der Waals surface area contributed by atoms with Crippen LogP contribution < -0.4 is 5.32 Å². The molecule has 21 heavy (non-hydrogen) atoms. The van der Waals surface area contributed by atoms with Gasteiger partial charge in [-0.1, -0.05) is 13.3 Å². The van der Waals surface area contributed by atoms with Crippen molar-refractivity contribution in [2.75, 3.05) is 18.1 Å². The van der Waals surface area contributed by atoms with Crippen LogP contribution in [-0.2, 0) is 9.84 Å². The maximum Gasteiger partial charge on any atom is 0.300 e. The van der Waals surface area contributed by atoms with Crippen molar-refractivity contribution in [3.63, 3.8) is 0 Å². The van der Waals surface area contributed by atoms with E-state index in [2.05, 4.69) is 5.32 Å². The molecule has 0 saturated heterocycles. The Bertz CT molecular complexity index is 636. The molecule has 0 aromatic heterocycles. The lowest BCUT2D eigenvalue weighted by molar-refractivity contribution is -0.392. The summed E-state index contributed by atoms with van der Waals surface area (Å²) in [4.78, 5) is 20.0. The van der Waals surface area contributed by atoms with Crippen LogP contribution in [0.3, 0.4) is 0 Å². The molecule has 1 N–H and O–H groups in total. The normalized spacial score (nSPS) is 11.1. The fourth-order valence-electron chi connectivity index (χ4n) is 1.66. The third-order valence-corrected chi connectivity index (χ3v) is 3.82. The van der Waals surface area contributed by atoms with E-state index in [1.807, 2.05) is 6.92 Å². The number of nitro groups is 2. The van der Waals surface area contributed by atoms with Crippen molar-refractivity contribution in [1.29, 1.82) is 0 Å². The molecule has 0 atom stereocenters. The second kappa shape index (κ2) is 6.48. The minimum Gasteiger partial charge on any atom is -0.374 e. The molecule has 0 aliphatic heterocycles. The van der Waals surface area contributed by atoms with E-state index < -0.39 is 36.0 Å². The first-order valence-corrected chi connectivity index (χ1v) is 7.98. The van der Waals surface area contributed by atoms with Crippen LogP contribution in [0.5, 0.6) is 0 Å². The molecule has 0 unspecified atom stereocenters. The van der Waals surface area contributed by atoms with Gasteiger partial charge in [0.1, 0.15) is 0 Å². The summed E-state index contributed by atoms with van der Waals surface area (Å²) >= 11 is 0. The predicted molar refractivity (Wildman–Crippen MR) is 76.3 cm³/mol. The van der Waals surface area contributed by atoms with Crippen molar-refractivity contribution in [3.05, 3.63) is 32.4 Å². The Hall–Kier alpha value is -2.23.